The van der Waals surface area contributed by atoms with Gasteiger partial charge in [0.05, 0.1) is 12.6 Å². The van der Waals surface area contributed by atoms with E-state index in [-0.39, 0.29) is 18.6 Å². The van der Waals surface area contributed by atoms with Crippen molar-refractivity contribution in [3.05, 3.63) is 0 Å². The standard InChI is InChI=1S/C12H22N2O4/c1-9(8-18-3)13(2)12(17)14(7-11(15)16)6-10-4-5-10/h9-10H,4-8H2,1-3H3,(H,15,16). The highest BCUT2D eigenvalue weighted by atomic mass is 16.5. The number of carbonyl (C=O) groups excluding carboxylic acids is 1. The van der Waals surface area contributed by atoms with Crippen molar-refractivity contribution in [2.24, 2.45) is 5.92 Å². The van der Waals surface area contributed by atoms with Crippen molar-refractivity contribution in [2.75, 3.05) is 33.9 Å². The Labute approximate surface area is 107 Å². The van der Waals surface area contributed by atoms with Gasteiger partial charge in [0.25, 0.3) is 0 Å². The lowest BCUT2D eigenvalue weighted by molar-refractivity contribution is -0.137. The highest BCUT2D eigenvalue weighted by Gasteiger charge is 2.30. The molecule has 0 aromatic carbocycles. The summed E-state index contributed by atoms with van der Waals surface area (Å²) < 4.78 is 5.00. The van der Waals surface area contributed by atoms with Crippen molar-refractivity contribution in [2.45, 2.75) is 25.8 Å². The normalized spacial score (nSPS) is 16.2. The van der Waals surface area contributed by atoms with Crippen molar-refractivity contribution in [1.82, 2.24) is 9.80 Å². The monoisotopic (exact) mass is 258 g/mol. The second-order valence-corrected chi connectivity index (χ2v) is 4.92. The van der Waals surface area contributed by atoms with Gasteiger partial charge in [0.2, 0.25) is 0 Å². The topological polar surface area (TPSA) is 70.1 Å². The summed E-state index contributed by atoms with van der Waals surface area (Å²) in [6, 6.07) is -0.313. The predicted octanol–water partition coefficient (Wildman–Crippen LogP) is 0.870. The number of hydrogen-bond acceptors (Lipinski definition) is 3. The number of amides is 2. The van der Waals surface area contributed by atoms with Crippen molar-refractivity contribution >= 4 is 12.0 Å². The summed E-state index contributed by atoms with van der Waals surface area (Å²) in [6.45, 7) is 2.61. The van der Waals surface area contributed by atoms with Crippen LogP contribution in [0.25, 0.3) is 0 Å². The van der Waals surface area contributed by atoms with E-state index in [0.717, 1.165) is 12.8 Å². The number of hydrogen-bond donors (Lipinski definition) is 1. The fourth-order valence-corrected chi connectivity index (χ4v) is 1.75. The molecule has 2 amide bonds. The summed E-state index contributed by atoms with van der Waals surface area (Å²) in [5.74, 6) is -0.503. The summed E-state index contributed by atoms with van der Waals surface area (Å²) in [6.07, 6.45) is 2.17. The number of likely N-dealkylation sites (N-methyl/N-ethyl adjacent to an activating group) is 1. The van der Waals surface area contributed by atoms with Gasteiger partial charge in [-0.3, -0.25) is 4.79 Å². The number of rotatable bonds is 7. The van der Waals surface area contributed by atoms with Crippen LogP contribution in [-0.2, 0) is 9.53 Å². The minimum atomic E-state index is -0.975. The predicted molar refractivity (Wildman–Crippen MR) is 66.4 cm³/mol. The molecule has 1 aliphatic carbocycles. The van der Waals surface area contributed by atoms with E-state index in [1.54, 1.807) is 14.2 Å². The smallest absolute Gasteiger partial charge is 0.323 e. The Kier molecular flexibility index (Phi) is 5.40. The summed E-state index contributed by atoms with van der Waals surface area (Å²) >= 11 is 0. The molecule has 1 unspecified atom stereocenters. The quantitative estimate of drug-likeness (QED) is 0.735. The second-order valence-electron chi connectivity index (χ2n) is 4.92. The molecule has 0 spiro atoms. The van der Waals surface area contributed by atoms with Crippen LogP contribution in [0, 0.1) is 5.92 Å². The van der Waals surface area contributed by atoms with Gasteiger partial charge in [-0.05, 0) is 25.7 Å². The molecule has 1 fully saturated rings. The molecule has 18 heavy (non-hydrogen) atoms. The molecular formula is C12H22N2O4. The maximum atomic E-state index is 12.2. The molecule has 0 aromatic rings. The van der Waals surface area contributed by atoms with Crippen molar-refractivity contribution < 1.29 is 19.4 Å². The number of aliphatic carboxylic acids is 1. The molecule has 0 aliphatic heterocycles. The van der Waals surface area contributed by atoms with Gasteiger partial charge in [0.1, 0.15) is 6.54 Å². The third-order valence-electron chi connectivity index (χ3n) is 3.14. The first-order chi connectivity index (χ1) is 8.45. The van der Waals surface area contributed by atoms with Gasteiger partial charge in [0, 0.05) is 20.7 Å². The zero-order chi connectivity index (χ0) is 13.7. The zero-order valence-corrected chi connectivity index (χ0v) is 11.3. The van der Waals surface area contributed by atoms with E-state index in [2.05, 4.69) is 0 Å². The Hall–Kier alpha value is -1.30. The minimum absolute atomic E-state index is 0.0713. The van der Waals surface area contributed by atoms with Crippen LogP contribution in [0.5, 0.6) is 0 Å². The average molecular weight is 258 g/mol. The molecule has 0 bridgehead atoms. The van der Waals surface area contributed by atoms with E-state index in [4.69, 9.17) is 9.84 Å². The van der Waals surface area contributed by atoms with Crippen LogP contribution < -0.4 is 0 Å². The Balaban J connectivity index is 2.58. The SMILES string of the molecule is COCC(C)N(C)C(=O)N(CC(=O)O)CC1CC1. The Bertz CT molecular complexity index is 304. The summed E-state index contributed by atoms with van der Waals surface area (Å²) in [7, 11) is 3.25. The highest BCUT2D eigenvalue weighted by molar-refractivity contribution is 5.80. The van der Waals surface area contributed by atoms with Gasteiger partial charge in [-0.15, -0.1) is 0 Å². The Morgan fingerprint density at radius 2 is 2.06 bits per heavy atom. The van der Waals surface area contributed by atoms with E-state index in [0.29, 0.717) is 19.1 Å². The second kappa shape index (κ2) is 6.58. The molecule has 1 atom stereocenters. The minimum Gasteiger partial charge on any atom is -0.480 e. The number of nitrogens with zero attached hydrogens (tertiary/aromatic N) is 2. The molecule has 6 nitrogen and oxygen atoms in total. The third-order valence-corrected chi connectivity index (χ3v) is 3.14. The molecule has 1 saturated carbocycles. The number of ether oxygens (including phenoxy) is 1. The number of urea groups is 1. The van der Waals surface area contributed by atoms with Crippen LogP contribution >= 0.6 is 0 Å². The highest BCUT2D eigenvalue weighted by Crippen LogP contribution is 2.30. The summed E-state index contributed by atoms with van der Waals surface area (Å²) in [4.78, 5) is 25.9. The number of methoxy groups -OCH3 is 1. The van der Waals surface area contributed by atoms with E-state index >= 15 is 0 Å². The molecule has 6 heteroatoms. The first-order valence-corrected chi connectivity index (χ1v) is 6.18. The fraction of sp³-hybridized carbons (Fsp3) is 0.833. The van der Waals surface area contributed by atoms with Crippen LogP contribution in [0.15, 0.2) is 0 Å². The lowest BCUT2D eigenvalue weighted by Gasteiger charge is -2.30. The van der Waals surface area contributed by atoms with Gasteiger partial charge in [-0.25, -0.2) is 4.79 Å². The summed E-state index contributed by atoms with van der Waals surface area (Å²) in [5.41, 5.74) is 0. The molecule has 0 heterocycles. The van der Waals surface area contributed by atoms with Crippen LogP contribution in [-0.4, -0.2) is 66.8 Å². The number of carboxylic acids is 1. The van der Waals surface area contributed by atoms with Crippen molar-refractivity contribution in [3.8, 4) is 0 Å². The molecule has 0 aromatic heterocycles. The lowest BCUT2D eigenvalue weighted by atomic mass is 10.3. The first-order valence-electron chi connectivity index (χ1n) is 6.18. The van der Waals surface area contributed by atoms with Gasteiger partial charge in [-0.1, -0.05) is 0 Å². The lowest BCUT2D eigenvalue weighted by Crippen LogP contribution is -2.48. The maximum absolute atomic E-state index is 12.2. The molecule has 0 saturated heterocycles. The zero-order valence-electron chi connectivity index (χ0n) is 11.3. The van der Waals surface area contributed by atoms with Crippen LogP contribution in [0.2, 0.25) is 0 Å². The van der Waals surface area contributed by atoms with Gasteiger partial charge in [-0.2, -0.15) is 0 Å². The first kappa shape index (κ1) is 14.8. The largest absolute Gasteiger partial charge is 0.480 e. The van der Waals surface area contributed by atoms with Crippen molar-refractivity contribution in [1.29, 1.82) is 0 Å². The number of carbonyl (C=O) groups is 2. The van der Waals surface area contributed by atoms with Gasteiger partial charge in [0.15, 0.2) is 0 Å². The van der Waals surface area contributed by atoms with E-state index < -0.39 is 5.97 Å². The van der Waals surface area contributed by atoms with Crippen molar-refractivity contribution in [3.63, 3.8) is 0 Å². The maximum Gasteiger partial charge on any atom is 0.323 e. The number of carboxylic acid groups (broad SMARTS) is 1. The molecule has 104 valence electrons. The molecule has 1 aliphatic rings. The van der Waals surface area contributed by atoms with Crippen LogP contribution in [0.4, 0.5) is 4.79 Å². The van der Waals surface area contributed by atoms with E-state index in [9.17, 15) is 9.59 Å². The van der Waals surface area contributed by atoms with Gasteiger partial charge < -0.3 is 19.6 Å². The Morgan fingerprint density at radius 3 is 2.50 bits per heavy atom. The summed E-state index contributed by atoms with van der Waals surface area (Å²) in [5, 5.41) is 8.85. The van der Waals surface area contributed by atoms with Gasteiger partial charge >= 0.3 is 12.0 Å². The molecule has 0 radical (unpaired) electrons. The molecule has 1 rings (SSSR count). The fourth-order valence-electron chi connectivity index (χ4n) is 1.75. The van der Waals surface area contributed by atoms with E-state index in [1.807, 2.05) is 6.92 Å². The van der Waals surface area contributed by atoms with Crippen LogP contribution in [0.3, 0.4) is 0 Å². The van der Waals surface area contributed by atoms with Crippen LogP contribution in [0.1, 0.15) is 19.8 Å². The third kappa shape index (κ3) is 4.52. The average Bonchev–Trinajstić information content (AvgIpc) is 3.10. The van der Waals surface area contributed by atoms with E-state index in [1.165, 1.54) is 9.80 Å². The molecular weight excluding hydrogens is 236 g/mol. The Morgan fingerprint density at radius 1 is 1.44 bits per heavy atom. The molecule has 1 N–H and O–H groups in total.